The van der Waals surface area contributed by atoms with Crippen LogP contribution >= 0.6 is 15.9 Å². The van der Waals surface area contributed by atoms with Gasteiger partial charge in [-0.1, -0.05) is 28.1 Å². The Labute approximate surface area is 84.7 Å². The minimum absolute atomic E-state index is 0.236. The van der Waals surface area contributed by atoms with Crippen molar-refractivity contribution in [1.29, 1.82) is 0 Å². The number of hydrogen-bond acceptors (Lipinski definition) is 3. The van der Waals surface area contributed by atoms with Gasteiger partial charge in [0.1, 0.15) is 6.29 Å². The summed E-state index contributed by atoms with van der Waals surface area (Å²) in [6.07, 6.45) is 0.612. The van der Waals surface area contributed by atoms with E-state index in [1.54, 1.807) is 12.1 Å². The van der Waals surface area contributed by atoms with Gasteiger partial charge in [-0.25, -0.2) is 0 Å². The van der Waals surface area contributed by atoms with E-state index in [0.29, 0.717) is 17.2 Å². The second kappa shape index (κ2) is 4.55. The molecule has 2 N–H and O–H groups in total. The first-order valence-electron chi connectivity index (χ1n) is 3.69. The molecule has 1 aromatic carbocycles. The van der Waals surface area contributed by atoms with Gasteiger partial charge in [0.2, 0.25) is 0 Å². The van der Waals surface area contributed by atoms with E-state index in [1.807, 2.05) is 0 Å². The van der Waals surface area contributed by atoms with Gasteiger partial charge in [0.05, 0.1) is 0 Å². The maximum Gasteiger partial charge on any atom is 0.489 e. The predicted octanol–water partition coefficient (Wildman–Crippen LogP) is 0.0738. The summed E-state index contributed by atoms with van der Waals surface area (Å²) in [5.74, 6) is 0. The summed E-state index contributed by atoms with van der Waals surface area (Å²) in [5, 5.41) is 18.4. The maximum atomic E-state index is 10.6. The molecule has 0 saturated heterocycles. The summed E-state index contributed by atoms with van der Waals surface area (Å²) in [4.78, 5) is 10.6. The quantitative estimate of drug-likeness (QED) is 0.448. The van der Waals surface area contributed by atoms with E-state index >= 15 is 0 Å². The minimum atomic E-state index is -1.59. The summed E-state index contributed by atoms with van der Waals surface area (Å²) in [6.45, 7) is 0. The van der Waals surface area contributed by atoms with Gasteiger partial charge in [0.15, 0.2) is 0 Å². The van der Waals surface area contributed by atoms with E-state index in [1.165, 1.54) is 6.07 Å². The van der Waals surface area contributed by atoms with E-state index in [-0.39, 0.29) is 5.46 Å². The smallest absolute Gasteiger partial charge is 0.423 e. The highest BCUT2D eigenvalue weighted by Crippen LogP contribution is 2.06. The molecule has 0 aliphatic carbocycles. The molecule has 3 nitrogen and oxygen atoms in total. The Balaban J connectivity index is 3.15. The third-order valence-electron chi connectivity index (χ3n) is 1.71. The molecule has 0 fully saturated rings. The van der Waals surface area contributed by atoms with Crippen molar-refractivity contribution in [2.24, 2.45) is 0 Å². The Kier molecular flexibility index (Phi) is 3.65. The van der Waals surface area contributed by atoms with Crippen molar-refractivity contribution < 1.29 is 14.8 Å². The van der Waals surface area contributed by atoms with Gasteiger partial charge in [-0.15, -0.1) is 0 Å². The number of halogens is 1. The second-order valence-electron chi connectivity index (χ2n) is 2.59. The number of benzene rings is 1. The van der Waals surface area contributed by atoms with Gasteiger partial charge in [0, 0.05) is 10.9 Å². The molecule has 0 amide bonds. The molecule has 5 heteroatoms. The highest BCUT2D eigenvalue weighted by molar-refractivity contribution is 9.08. The summed E-state index contributed by atoms with van der Waals surface area (Å²) in [6, 6.07) is 4.89. The number of hydrogen-bond donors (Lipinski definition) is 2. The number of aldehydes is 1. The third-order valence-corrected chi connectivity index (χ3v) is 2.36. The van der Waals surface area contributed by atoms with Crippen molar-refractivity contribution in [3.63, 3.8) is 0 Å². The fraction of sp³-hybridized carbons (Fsp3) is 0.125. The van der Waals surface area contributed by atoms with Gasteiger partial charge in [-0.2, -0.15) is 0 Å². The molecule has 0 bridgehead atoms. The molecule has 0 atom stereocenters. The highest BCUT2D eigenvalue weighted by atomic mass is 79.9. The Morgan fingerprint density at radius 1 is 1.46 bits per heavy atom. The van der Waals surface area contributed by atoms with Crippen LogP contribution in [0.3, 0.4) is 0 Å². The molecule has 1 rings (SSSR count). The Morgan fingerprint density at radius 2 is 2.15 bits per heavy atom. The molecule has 0 aliphatic heterocycles. The molecule has 13 heavy (non-hydrogen) atoms. The maximum absolute atomic E-state index is 10.6. The third kappa shape index (κ3) is 2.40. The Hall–Kier alpha value is -0.645. The van der Waals surface area contributed by atoms with Gasteiger partial charge >= 0.3 is 7.12 Å². The molecular formula is C8H8BBrO3. The molecule has 0 saturated carbocycles. The van der Waals surface area contributed by atoms with Gasteiger partial charge in [-0.05, 0) is 17.1 Å². The lowest BCUT2D eigenvalue weighted by Crippen LogP contribution is -2.33. The zero-order valence-corrected chi connectivity index (χ0v) is 8.36. The van der Waals surface area contributed by atoms with Crippen LogP contribution in [-0.4, -0.2) is 23.5 Å². The Morgan fingerprint density at radius 3 is 2.62 bits per heavy atom. The SMILES string of the molecule is O=Cc1cc(CBr)ccc1B(O)O. The number of carbonyl (C=O) groups is 1. The lowest BCUT2D eigenvalue weighted by atomic mass is 9.77. The van der Waals surface area contributed by atoms with E-state index in [4.69, 9.17) is 10.0 Å². The van der Waals surface area contributed by atoms with Crippen LogP contribution in [-0.2, 0) is 5.33 Å². The predicted molar refractivity (Wildman–Crippen MR) is 54.3 cm³/mol. The first-order chi connectivity index (χ1) is 6.19. The summed E-state index contributed by atoms with van der Waals surface area (Å²) in [7, 11) is -1.59. The molecule has 68 valence electrons. The van der Waals surface area contributed by atoms with Crippen LogP contribution in [0.1, 0.15) is 15.9 Å². The van der Waals surface area contributed by atoms with Gasteiger partial charge in [0.25, 0.3) is 0 Å². The van der Waals surface area contributed by atoms with Crippen molar-refractivity contribution in [2.45, 2.75) is 5.33 Å². The zero-order valence-electron chi connectivity index (χ0n) is 6.77. The molecule has 0 radical (unpaired) electrons. The monoisotopic (exact) mass is 242 g/mol. The van der Waals surface area contributed by atoms with E-state index in [9.17, 15) is 4.79 Å². The van der Waals surface area contributed by atoms with E-state index in [2.05, 4.69) is 15.9 Å². The summed E-state index contributed by atoms with van der Waals surface area (Å²) in [5.41, 5.74) is 1.47. The van der Waals surface area contributed by atoms with E-state index in [0.717, 1.165) is 5.56 Å². The van der Waals surface area contributed by atoms with Crippen LogP contribution in [0.2, 0.25) is 0 Å². The standard InChI is InChI=1S/C8H8BBrO3/c10-4-6-1-2-8(9(12)13)7(3-6)5-11/h1-3,5,12-13H,4H2. The lowest BCUT2D eigenvalue weighted by molar-refractivity contribution is 0.112. The molecule has 0 heterocycles. The van der Waals surface area contributed by atoms with Crippen molar-refractivity contribution in [1.82, 2.24) is 0 Å². The fourth-order valence-corrected chi connectivity index (χ4v) is 1.39. The van der Waals surface area contributed by atoms with Crippen LogP contribution < -0.4 is 5.46 Å². The zero-order chi connectivity index (χ0) is 9.84. The Bertz CT molecular complexity index is 314. The first-order valence-corrected chi connectivity index (χ1v) is 4.81. The van der Waals surface area contributed by atoms with Crippen molar-refractivity contribution in [2.75, 3.05) is 0 Å². The van der Waals surface area contributed by atoms with Crippen LogP contribution in [0.25, 0.3) is 0 Å². The lowest BCUT2D eigenvalue weighted by Gasteiger charge is -2.04. The molecule has 0 unspecified atom stereocenters. The minimum Gasteiger partial charge on any atom is -0.423 e. The first kappa shape index (κ1) is 10.4. The molecular weight excluding hydrogens is 235 g/mol. The van der Waals surface area contributed by atoms with Gasteiger partial charge < -0.3 is 10.0 Å². The van der Waals surface area contributed by atoms with Gasteiger partial charge in [-0.3, -0.25) is 4.79 Å². The number of rotatable bonds is 3. The average molecular weight is 243 g/mol. The van der Waals surface area contributed by atoms with Crippen LogP contribution in [0.15, 0.2) is 18.2 Å². The molecule has 1 aromatic rings. The normalized spacial score (nSPS) is 9.77. The second-order valence-corrected chi connectivity index (χ2v) is 3.15. The summed E-state index contributed by atoms with van der Waals surface area (Å²) < 4.78 is 0. The van der Waals surface area contributed by atoms with Crippen LogP contribution in [0, 0.1) is 0 Å². The average Bonchev–Trinajstić information content (AvgIpc) is 2.16. The van der Waals surface area contributed by atoms with Crippen molar-refractivity contribution in [3.8, 4) is 0 Å². The summed E-state index contributed by atoms with van der Waals surface area (Å²) >= 11 is 3.24. The van der Waals surface area contributed by atoms with Crippen LogP contribution in [0.5, 0.6) is 0 Å². The largest absolute Gasteiger partial charge is 0.489 e. The molecule has 0 aliphatic rings. The number of carbonyl (C=O) groups excluding carboxylic acids is 1. The van der Waals surface area contributed by atoms with Crippen molar-refractivity contribution in [3.05, 3.63) is 29.3 Å². The molecule has 0 spiro atoms. The molecule has 0 aromatic heterocycles. The number of alkyl halides is 1. The topological polar surface area (TPSA) is 57.5 Å². The van der Waals surface area contributed by atoms with Crippen molar-refractivity contribution >= 4 is 34.8 Å². The fourth-order valence-electron chi connectivity index (χ4n) is 1.04. The van der Waals surface area contributed by atoms with Crippen LogP contribution in [0.4, 0.5) is 0 Å². The van der Waals surface area contributed by atoms with E-state index < -0.39 is 7.12 Å². The highest BCUT2D eigenvalue weighted by Gasteiger charge is 2.15.